The topological polar surface area (TPSA) is 81.0 Å². The lowest BCUT2D eigenvalue weighted by Gasteiger charge is -2.31. The maximum Gasteiger partial charge on any atom is 0.315 e. The third kappa shape index (κ3) is 4.71. The summed E-state index contributed by atoms with van der Waals surface area (Å²) in [6.07, 6.45) is 6.09. The average Bonchev–Trinajstić information content (AvgIpc) is 2.55. The fourth-order valence-electron chi connectivity index (χ4n) is 2.74. The number of aromatic nitrogens is 1. The minimum absolute atomic E-state index is 0.00155. The highest BCUT2D eigenvalue weighted by Gasteiger charge is 2.21. The van der Waals surface area contributed by atoms with E-state index in [9.17, 15) is 4.79 Å². The number of nitrogens with zero attached hydrogens (tertiary/aromatic N) is 3. The van der Waals surface area contributed by atoms with E-state index in [-0.39, 0.29) is 18.1 Å². The molecule has 6 heteroatoms. The zero-order chi connectivity index (χ0) is 15.8. The van der Waals surface area contributed by atoms with Crippen molar-refractivity contribution in [3.05, 3.63) is 30.1 Å². The molecule has 2 amide bonds. The summed E-state index contributed by atoms with van der Waals surface area (Å²) in [6, 6.07) is 6.08. The molecule has 1 aliphatic rings. The highest BCUT2D eigenvalue weighted by Crippen LogP contribution is 2.15. The first-order valence-corrected chi connectivity index (χ1v) is 7.79. The molecule has 22 heavy (non-hydrogen) atoms. The van der Waals surface area contributed by atoms with Gasteiger partial charge in [-0.25, -0.2) is 4.79 Å². The van der Waals surface area contributed by atoms with Crippen molar-refractivity contribution in [3.63, 3.8) is 0 Å². The van der Waals surface area contributed by atoms with E-state index >= 15 is 0 Å². The molecule has 1 aromatic heterocycles. The number of pyridine rings is 1. The number of piperidine rings is 1. The fourth-order valence-corrected chi connectivity index (χ4v) is 2.74. The minimum Gasteiger partial charge on any atom is -0.335 e. The van der Waals surface area contributed by atoms with Gasteiger partial charge in [0.2, 0.25) is 0 Å². The molecule has 0 aromatic carbocycles. The van der Waals surface area contributed by atoms with Gasteiger partial charge < -0.3 is 10.6 Å². The minimum atomic E-state index is -0.123. The zero-order valence-corrected chi connectivity index (χ0v) is 13.0. The molecule has 0 bridgehead atoms. The second-order valence-electron chi connectivity index (χ2n) is 5.57. The number of urea groups is 1. The molecule has 2 rings (SSSR count). The van der Waals surface area contributed by atoms with Crippen LogP contribution in [-0.2, 0) is 0 Å². The van der Waals surface area contributed by atoms with Crippen molar-refractivity contribution in [2.75, 3.05) is 19.6 Å². The Balaban J connectivity index is 1.79. The maximum absolute atomic E-state index is 12.2. The SMILES string of the molecule is CC[C@H](NC(=O)NC1CCN(CC#N)CC1)c1ccncc1. The monoisotopic (exact) mass is 301 g/mol. The molecule has 0 saturated carbocycles. The quantitative estimate of drug-likeness (QED) is 0.813. The van der Waals surface area contributed by atoms with E-state index in [4.69, 9.17) is 5.26 Å². The first-order chi connectivity index (χ1) is 10.7. The fraction of sp³-hybridized carbons (Fsp3) is 0.562. The number of likely N-dealkylation sites (tertiary alicyclic amines) is 1. The van der Waals surface area contributed by atoms with E-state index in [0.717, 1.165) is 37.9 Å². The van der Waals surface area contributed by atoms with Crippen LogP contribution in [0.25, 0.3) is 0 Å². The van der Waals surface area contributed by atoms with Crippen LogP contribution >= 0.6 is 0 Å². The molecule has 0 radical (unpaired) electrons. The zero-order valence-electron chi connectivity index (χ0n) is 13.0. The molecular formula is C16H23N5O. The van der Waals surface area contributed by atoms with E-state index in [2.05, 4.69) is 26.6 Å². The number of nitrogens with one attached hydrogen (secondary N) is 2. The summed E-state index contributed by atoms with van der Waals surface area (Å²) in [7, 11) is 0. The molecule has 2 N–H and O–H groups in total. The van der Waals surface area contributed by atoms with Gasteiger partial charge in [0.25, 0.3) is 0 Å². The maximum atomic E-state index is 12.2. The van der Waals surface area contributed by atoms with Crippen LogP contribution in [0.5, 0.6) is 0 Å². The van der Waals surface area contributed by atoms with Crippen LogP contribution in [0.15, 0.2) is 24.5 Å². The van der Waals surface area contributed by atoms with Gasteiger partial charge in [0.15, 0.2) is 0 Å². The third-order valence-electron chi connectivity index (χ3n) is 4.04. The van der Waals surface area contributed by atoms with E-state index in [1.54, 1.807) is 12.4 Å². The normalized spacial score (nSPS) is 17.5. The molecule has 0 spiro atoms. The van der Waals surface area contributed by atoms with E-state index in [1.807, 2.05) is 19.1 Å². The van der Waals surface area contributed by atoms with Crippen LogP contribution in [0.4, 0.5) is 4.79 Å². The summed E-state index contributed by atoms with van der Waals surface area (Å²) in [4.78, 5) is 18.3. The molecule has 1 aliphatic heterocycles. The third-order valence-corrected chi connectivity index (χ3v) is 4.04. The smallest absolute Gasteiger partial charge is 0.315 e. The van der Waals surface area contributed by atoms with Crippen LogP contribution in [0.2, 0.25) is 0 Å². The van der Waals surface area contributed by atoms with Gasteiger partial charge in [0, 0.05) is 31.5 Å². The van der Waals surface area contributed by atoms with Crippen molar-refractivity contribution in [2.45, 2.75) is 38.3 Å². The van der Waals surface area contributed by atoms with Gasteiger partial charge >= 0.3 is 6.03 Å². The molecule has 0 aliphatic carbocycles. The van der Waals surface area contributed by atoms with Gasteiger partial charge in [-0.1, -0.05) is 6.92 Å². The lowest BCUT2D eigenvalue weighted by atomic mass is 10.0. The molecule has 2 heterocycles. The summed E-state index contributed by atoms with van der Waals surface area (Å²) < 4.78 is 0. The molecule has 1 atom stereocenters. The lowest BCUT2D eigenvalue weighted by Crippen LogP contribution is -2.48. The first-order valence-electron chi connectivity index (χ1n) is 7.79. The summed E-state index contributed by atoms with van der Waals surface area (Å²) in [5.74, 6) is 0. The molecule has 1 aromatic rings. The first kappa shape index (κ1) is 16.2. The Labute approximate surface area is 131 Å². The van der Waals surface area contributed by atoms with Gasteiger partial charge in [-0.15, -0.1) is 0 Å². The molecular weight excluding hydrogens is 278 g/mol. The second kappa shape index (κ2) is 8.35. The number of amides is 2. The average molecular weight is 301 g/mol. The number of carbonyl (C=O) groups excluding carboxylic acids is 1. The number of hydrogen-bond acceptors (Lipinski definition) is 4. The standard InChI is InChI=1S/C16H23N5O/c1-2-15(13-3-8-18-9-4-13)20-16(22)19-14-5-10-21(11-6-14)12-7-17/h3-4,8-9,14-15H,2,5-6,10-12H2,1H3,(H2,19,20,22)/t15-/m0/s1. The molecule has 118 valence electrons. The Bertz CT molecular complexity index is 505. The number of nitriles is 1. The summed E-state index contributed by atoms with van der Waals surface area (Å²) in [6.45, 7) is 4.24. The largest absolute Gasteiger partial charge is 0.335 e. The van der Waals surface area contributed by atoms with Crippen LogP contribution in [0.1, 0.15) is 37.8 Å². The summed E-state index contributed by atoms with van der Waals surface area (Å²) in [5, 5.41) is 14.8. The van der Waals surface area contributed by atoms with Crippen LogP contribution < -0.4 is 10.6 Å². The second-order valence-corrected chi connectivity index (χ2v) is 5.57. The van der Waals surface area contributed by atoms with Crippen LogP contribution in [0, 0.1) is 11.3 Å². The number of hydrogen-bond donors (Lipinski definition) is 2. The Kier molecular flexibility index (Phi) is 6.16. The highest BCUT2D eigenvalue weighted by molar-refractivity contribution is 5.74. The predicted octanol–water partition coefficient (Wildman–Crippen LogP) is 1.82. The van der Waals surface area contributed by atoms with Crippen molar-refractivity contribution in [1.82, 2.24) is 20.5 Å². The number of carbonyl (C=O) groups is 1. The van der Waals surface area contributed by atoms with Gasteiger partial charge in [0.1, 0.15) is 0 Å². The Morgan fingerprint density at radius 3 is 2.73 bits per heavy atom. The number of rotatable bonds is 5. The van der Waals surface area contributed by atoms with Gasteiger partial charge in [-0.3, -0.25) is 9.88 Å². The Morgan fingerprint density at radius 2 is 2.14 bits per heavy atom. The lowest BCUT2D eigenvalue weighted by molar-refractivity contribution is 0.203. The molecule has 1 fully saturated rings. The van der Waals surface area contributed by atoms with Gasteiger partial charge in [0.05, 0.1) is 18.7 Å². The van der Waals surface area contributed by atoms with Crippen molar-refractivity contribution in [2.24, 2.45) is 0 Å². The summed E-state index contributed by atoms with van der Waals surface area (Å²) in [5.41, 5.74) is 1.07. The Hall–Kier alpha value is -2.13. The predicted molar refractivity (Wildman–Crippen MR) is 84.0 cm³/mol. The highest BCUT2D eigenvalue weighted by atomic mass is 16.2. The molecule has 0 unspecified atom stereocenters. The molecule has 1 saturated heterocycles. The van der Waals surface area contributed by atoms with Crippen LogP contribution in [-0.4, -0.2) is 41.6 Å². The van der Waals surface area contributed by atoms with E-state index in [0.29, 0.717) is 6.54 Å². The van der Waals surface area contributed by atoms with Gasteiger partial charge in [-0.2, -0.15) is 5.26 Å². The summed E-state index contributed by atoms with van der Waals surface area (Å²) >= 11 is 0. The van der Waals surface area contributed by atoms with E-state index in [1.165, 1.54) is 0 Å². The van der Waals surface area contributed by atoms with Crippen LogP contribution in [0.3, 0.4) is 0 Å². The van der Waals surface area contributed by atoms with Crippen molar-refractivity contribution in [1.29, 1.82) is 5.26 Å². The van der Waals surface area contributed by atoms with Crippen molar-refractivity contribution >= 4 is 6.03 Å². The molecule has 6 nitrogen and oxygen atoms in total. The Morgan fingerprint density at radius 1 is 1.45 bits per heavy atom. The van der Waals surface area contributed by atoms with Crippen molar-refractivity contribution < 1.29 is 4.79 Å². The van der Waals surface area contributed by atoms with Crippen molar-refractivity contribution in [3.8, 4) is 6.07 Å². The van der Waals surface area contributed by atoms with E-state index < -0.39 is 0 Å². The van der Waals surface area contributed by atoms with Gasteiger partial charge in [-0.05, 0) is 37.0 Å².